The Kier molecular flexibility index (Phi) is 5.76. The van der Waals surface area contributed by atoms with E-state index in [0.717, 1.165) is 5.69 Å². The summed E-state index contributed by atoms with van der Waals surface area (Å²) in [5.41, 5.74) is 2.09. The maximum Gasteiger partial charge on any atom is 0.323 e. The molecule has 0 spiro atoms. The molecular weight excluding hydrogens is 408 g/mol. The van der Waals surface area contributed by atoms with Gasteiger partial charge in [-0.15, -0.1) is 0 Å². The molecule has 4 rings (SSSR count). The SMILES string of the molecule is COc1ccc(NC(=O)Nc2ccc3nc(C)n(-c4ccccc4)c(=O)c3c2)cc1OC. The van der Waals surface area contributed by atoms with E-state index in [0.29, 0.717) is 39.6 Å². The van der Waals surface area contributed by atoms with Crippen LogP contribution in [0.15, 0.2) is 71.5 Å². The zero-order chi connectivity index (χ0) is 22.7. The first-order valence-electron chi connectivity index (χ1n) is 9.89. The maximum atomic E-state index is 13.2. The van der Waals surface area contributed by atoms with Gasteiger partial charge in [-0.25, -0.2) is 9.78 Å². The fourth-order valence-corrected chi connectivity index (χ4v) is 3.46. The number of para-hydroxylation sites is 1. The summed E-state index contributed by atoms with van der Waals surface area (Å²) in [6, 6.07) is 18.9. The number of rotatable bonds is 5. The Morgan fingerprint density at radius 1 is 0.875 bits per heavy atom. The molecule has 162 valence electrons. The van der Waals surface area contributed by atoms with Gasteiger partial charge in [0.2, 0.25) is 0 Å². The Hall–Kier alpha value is -4.33. The molecule has 0 aliphatic rings. The second-order valence-electron chi connectivity index (χ2n) is 7.02. The van der Waals surface area contributed by atoms with Crippen molar-refractivity contribution in [3.8, 4) is 17.2 Å². The summed E-state index contributed by atoms with van der Waals surface area (Å²) in [6.45, 7) is 1.79. The fourth-order valence-electron chi connectivity index (χ4n) is 3.46. The van der Waals surface area contributed by atoms with Gasteiger partial charge in [0.1, 0.15) is 5.82 Å². The molecule has 32 heavy (non-hydrogen) atoms. The van der Waals surface area contributed by atoms with Gasteiger partial charge in [0, 0.05) is 17.4 Å². The fraction of sp³-hybridized carbons (Fsp3) is 0.125. The minimum Gasteiger partial charge on any atom is -0.493 e. The highest BCUT2D eigenvalue weighted by molar-refractivity contribution is 6.01. The van der Waals surface area contributed by atoms with Crippen LogP contribution in [0.3, 0.4) is 0 Å². The van der Waals surface area contributed by atoms with Crippen LogP contribution in [-0.4, -0.2) is 29.8 Å². The molecule has 1 heterocycles. The molecule has 8 heteroatoms. The molecule has 1 aromatic heterocycles. The van der Waals surface area contributed by atoms with Gasteiger partial charge in [0.25, 0.3) is 5.56 Å². The summed E-state index contributed by atoms with van der Waals surface area (Å²) < 4.78 is 12.0. The molecule has 0 aliphatic carbocycles. The number of aryl methyl sites for hydroxylation is 1. The van der Waals surface area contributed by atoms with Crippen LogP contribution in [0.1, 0.15) is 5.82 Å². The van der Waals surface area contributed by atoms with E-state index >= 15 is 0 Å². The largest absolute Gasteiger partial charge is 0.493 e. The van der Waals surface area contributed by atoms with E-state index in [1.54, 1.807) is 55.0 Å². The Bertz CT molecular complexity index is 1350. The quantitative estimate of drug-likeness (QED) is 0.491. The number of fused-ring (bicyclic) bond motifs is 1. The number of hydrogen-bond acceptors (Lipinski definition) is 5. The van der Waals surface area contributed by atoms with Crippen LogP contribution in [0, 0.1) is 6.92 Å². The van der Waals surface area contributed by atoms with Crippen molar-refractivity contribution in [3.05, 3.63) is 82.9 Å². The molecule has 3 aromatic carbocycles. The number of methoxy groups -OCH3 is 2. The molecule has 0 radical (unpaired) electrons. The summed E-state index contributed by atoms with van der Waals surface area (Å²) >= 11 is 0. The van der Waals surface area contributed by atoms with Crippen molar-refractivity contribution in [2.75, 3.05) is 24.9 Å². The topological polar surface area (TPSA) is 94.5 Å². The molecule has 4 aromatic rings. The number of hydrogen-bond donors (Lipinski definition) is 2. The summed E-state index contributed by atoms with van der Waals surface area (Å²) in [7, 11) is 3.06. The Morgan fingerprint density at radius 3 is 2.22 bits per heavy atom. The highest BCUT2D eigenvalue weighted by Gasteiger charge is 2.12. The van der Waals surface area contributed by atoms with E-state index in [1.165, 1.54) is 7.11 Å². The second kappa shape index (κ2) is 8.81. The predicted octanol–water partition coefficient (Wildman–Crippen LogP) is 4.36. The third-order valence-corrected chi connectivity index (χ3v) is 4.95. The number of ether oxygens (including phenoxy) is 2. The molecular formula is C24H22N4O4. The molecule has 0 bridgehead atoms. The van der Waals surface area contributed by atoms with Crippen molar-refractivity contribution in [2.45, 2.75) is 6.92 Å². The van der Waals surface area contributed by atoms with E-state index in [-0.39, 0.29) is 5.56 Å². The van der Waals surface area contributed by atoms with Crippen molar-refractivity contribution in [1.29, 1.82) is 0 Å². The highest BCUT2D eigenvalue weighted by atomic mass is 16.5. The predicted molar refractivity (Wildman–Crippen MR) is 124 cm³/mol. The van der Waals surface area contributed by atoms with Crippen LogP contribution in [0.5, 0.6) is 11.5 Å². The lowest BCUT2D eigenvalue weighted by atomic mass is 10.2. The minimum atomic E-state index is -0.458. The monoisotopic (exact) mass is 430 g/mol. The summed E-state index contributed by atoms with van der Waals surface area (Å²) in [4.78, 5) is 30.2. The number of anilines is 2. The normalized spacial score (nSPS) is 10.6. The van der Waals surface area contributed by atoms with E-state index in [9.17, 15) is 9.59 Å². The zero-order valence-corrected chi connectivity index (χ0v) is 17.9. The summed E-state index contributed by atoms with van der Waals surface area (Å²) in [5.74, 6) is 1.64. The zero-order valence-electron chi connectivity index (χ0n) is 17.9. The highest BCUT2D eigenvalue weighted by Crippen LogP contribution is 2.29. The second-order valence-corrected chi connectivity index (χ2v) is 7.02. The lowest BCUT2D eigenvalue weighted by Gasteiger charge is -2.13. The average Bonchev–Trinajstić information content (AvgIpc) is 2.80. The Labute approximate surface area is 184 Å². The summed E-state index contributed by atoms with van der Waals surface area (Å²) in [6.07, 6.45) is 0. The molecule has 0 saturated heterocycles. The first kappa shape index (κ1) is 20.9. The van der Waals surface area contributed by atoms with Crippen molar-refractivity contribution in [2.24, 2.45) is 0 Å². The third kappa shape index (κ3) is 4.11. The van der Waals surface area contributed by atoms with Gasteiger partial charge in [0.15, 0.2) is 11.5 Å². The van der Waals surface area contributed by atoms with Crippen LogP contribution in [0.2, 0.25) is 0 Å². The number of benzene rings is 3. The Morgan fingerprint density at radius 2 is 1.53 bits per heavy atom. The van der Waals surface area contributed by atoms with Crippen molar-refractivity contribution >= 4 is 28.3 Å². The van der Waals surface area contributed by atoms with E-state index < -0.39 is 6.03 Å². The molecule has 0 atom stereocenters. The molecule has 2 N–H and O–H groups in total. The van der Waals surface area contributed by atoms with Crippen LogP contribution in [0.4, 0.5) is 16.2 Å². The number of aromatic nitrogens is 2. The van der Waals surface area contributed by atoms with Crippen molar-refractivity contribution < 1.29 is 14.3 Å². The van der Waals surface area contributed by atoms with E-state index in [4.69, 9.17) is 9.47 Å². The van der Waals surface area contributed by atoms with Gasteiger partial charge in [-0.2, -0.15) is 0 Å². The lowest BCUT2D eigenvalue weighted by molar-refractivity contribution is 0.262. The van der Waals surface area contributed by atoms with E-state index in [2.05, 4.69) is 15.6 Å². The molecule has 2 amide bonds. The van der Waals surface area contributed by atoms with E-state index in [1.807, 2.05) is 30.3 Å². The Balaban J connectivity index is 1.61. The molecule has 0 saturated carbocycles. The number of amides is 2. The van der Waals surface area contributed by atoms with Gasteiger partial charge in [-0.1, -0.05) is 18.2 Å². The van der Waals surface area contributed by atoms with Gasteiger partial charge >= 0.3 is 6.03 Å². The van der Waals surface area contributed by atoms with Crippen LogP contribution in [-0.2, 0) is 0 Å². The molecule has 0 fully saturated rings. The van der Waals surface area contributed by atoms with Crippen molar-refractivity contribution in [3.63, 3.8) is 0 Å². The van der Waals surface area contributed by atoms with Crippen LogP contribution >= 0.6 is 0 Å². The summed E-state index contributed by atoms with van der Waals surface area (Å²) in [5, 5.41) is 5.90. The third-order valence-electron chi connectivity index (χ3n) is 4.95. The standard InChI is InChI=1S/C24H22N4O4/c1-15-25-20-11-9-16(13-19(20)23(29)28(15)18-7-5-4-6-8-18)26-24(30)27-17-10-12-21(31-2)22(14-17)32-3/h4-14H,1-3H3,(H2,26,27,30). The first-order chi connectivity index (χ1) is 15.5. The average molecular weight is 430 g/mol. The number of carbonyl (C=O) groups is 1. The molecule has 0 aliphatic heterocycles. The number of urea groups is 1. The minimum absolute atomic E-state index is 0.206. The maximum absolute atomic E-state index is 13.2. The number of carbonyl (C=O) groups excluding carboxylic acids is 1. The van der Waals surface area contributed by atoms with Crippen molar-refractivity contribution in [1.82, 2.24) is 9.55 Å². The van der Waals surface area contributed by atoms with Gasteiger partial charge in [-0.3, -0.25) is 9.36 Å². The van der Waals surface area contributed by atoms with Gasteiger partial charge in [-0.05, 0) is 49.4 Å². The smallest absolute Gasteiger partial charge is 0.323 e. The number of nitrogens with one attached hydrogen (secondary N) is 2. The number of nitrogens with zero attached hydrogens (tertiary/aromatic N) is 2. The van der Waals surface area contributed by atoms with Gasteiger partial charge in [0.05, 0.1) is 30.8 Å². The lowest BCUT2D eigenvalue weighted by Crippen LogP contribution is -2.23. The molecule has 8 nitrogen and oxygen atoms in total. The van der Waals surface area contributed by atoms with Gasteiger partial charge < -0.3 is 20.1 Å². The van der Waals surface area contributed by atoms with Crippen LogP contribution in [0.25, 0.3) is 16.6 Å². The first-order valence-corrected chi connectivity index (χ1v) is 9.89. The molecule has 0 unspecified atom stereocenters. The van der Waals surface area contributed by atoms with Crippen LogP contribution < -0.4 is 25.7 Å².